The van der Waals surface area contributed by atoms with E-state index in [1.54, 1.807) is 35.2 Å². The van der Waals surface area contributed by atoms with Crippen molar-refractivity contribution >= 4 is 46.4 Å². The summed E-state index contributed by atoms with van der Waals surface area (Å²) in [4.78, 5) is 26.4. The summed E-state index contributed by atoms with van der Waals surface area (Å²) < 4.78 is 0. The van der Waals surface area contributed by atoms with Crippen LogP contribution < -0.4 is 10.2 Å². The van der Waals surface area contributed by atoms with Crippen LogP contribution in [0.3, 0.4) is 0 Å². The first-order chi connectivity index (χ1) is 11.4. The van der Waals surface area contributed by atoms with Crippen LogP contribution in [-0.4, -0.2) is 18.4 Å². The fourth-order valence-electron chi connectivity index (χ4n) is 2.74. The van der Waals surface area contributed by atoms with Crippen LogP contribution in [0.1, 0.15) is 12.0 Å². The molecule has 1 fully saturated rings. The molecule has 2 aromatic rings. The zero-order valence-corrected chi connectivity index (χ0v) is 14.6. The van der Waals surface area contributed by atoms with Gasteiger partial charge in [-0.1, -0.05) is 35.3 Å². The Morgan fingerprint density at radius 2 is 1.92 bits per heavy atom. The zero-order valence-electron chi connectivity index (χ0n) is 13.1. The van der Waals surface area contributed by atoms with Gasteiger partial charge < -0.3 is 10.2 Å². The van der Waals surface area contributed by atoms with E-state index < -0.39 is 5.92 Å². The number of nitrogens with zero attached hydrogens (tertiary/aromatic N) is 1. The van der Waals surface area contributed by atoms with Gasteiger partial charge in [0.25, 0.3) is 0 Å². The standard InChI is InChI=1S/C18H16Cl2N2O2/c1-11-5-6-14(20)9-16(11)21-18(24)12-7-17(23)22(10-12)15-4-2-3-13(19)8-15/h2-6,8-9,12H,7,10H2,1H3,(H,21,24). The van der Waals surface area contributed by atoms with Crippen LogP contribution in [0, 0.1) is 12.8 Å². The number of nitrogens with one attached hydrogen (secondary N) is 1. The normalized spacial score (nSPS) is 17.2. The van der Waals surface area contributed by atoms with Crippen LogP contribution >= 0.6 is 23.2 Å². The average molecular weight is 363 g/mol. The largest absolute Gasteiger partial charge is 0.325 e. The highest BCUT2D eigenvalue weighted by atomic mass is 35.5. The second kappa shape index (κ2) is 6.83. The summed E-state index contributed by atoms with van der Waals surface area (Å²) in [6.07, 6.45) is 0.179. The van der Waals surface area contributed by atoms with Gasteiger partial charge in [0, 0.05) is 34.4 Å². The first-order valence-corrected chi connectivity index (χ1v) is 8.32. The molecular weight excluding hydrogens is 347 g/mol. The van der Waals surface area contributed by atoms with Gasteiger partial charge in [0.05, 0.1) is 5.92 Å². The molecule has 2 aromatic carbocycles. The van der Waals surface area contributed by atoms with Gasteiger partial charge in [-0.2, -0.15) is 0 Å². The minimum absolute atomic E-state index is 0.0831. The van der Waals surface area contributed by atoms with Gasteiger partial charge in [-0.05, 0) is 42.8 Å². The average Bonchev–Trinajstić information content (AvgIpc) is 2.93. The van der Waals surface area contributed by atoms with Gasteiger partial charge in [-0.25, -0.2) is 0 Å². The van der Waals surface area contributed by atoms with Crippen LogP contribution in [0.4, 0.5) is 11.4 Å². The Hall–Kier alpha value is -2.04. The highest BCUT2D eigenvalue weighted by Gasteiger charge is 2.35. The summed E-state index contributed by atoms with van der Waals surface area (Å²) in [5, 5.41) is 3.98. The lowest BCUT2D eigenvalue weighted by Gasteiger charge is -2.17. The van der Waals surface area contributed by atoms with Crippen molar-refractivity contribution in [3.63, 3.8) is 0 Å². The van der Waals surface area contributed by atoms with Crippen molar-refractivity contribution in [2.24, 2.45) is 5.92 Å². The van der Waals surface area contributed by atoms with E-state index in [-0.39, 0.29) is 18.2 Å². The SMILES string of the molecule is Cc1ccc(Cl)cc1NC(=O)C1CC(=O)N(c2cccc(Cl)c2)C1. The number of anilines is 2. The third-order valence-corrected chi connectivity index (χ3v) is 4.54. The Morgan fingerprint density at radius 3 is 2.67 bits per heavy atom. The number of hydrogen-bond acceptors (Lipinski definition) is 2. The maximum atomic E-state index is 12.5. The second-order valence-corrected chi connectivity index (χ2v) is 6.71. The maximum absolute atomic E-state index is 12.5. The second-order valence-electron chi connectivity index (χ2n) is 5.83. The van der Waals surface area contributed by atoms with Gasteiger partial charge in [0.1, 0.15) is 0 Å². The van der Waals surface area contributed by atoms with Crippen molar-refractivity contribution in [1.29, 1.82) is 0 Å². The smallest absolute Gasteiger partial charge is 0.229 e. The summed E-state index contributed by atoms with van der Waals surface area (Å²) in [6, 6.07) is 12.4. The number of carbonyl (C=O) groups is 2. The van der Waals surface area contributed by atoms with Gasteiger partial charge in [0.2, 0.25) is 11.8 Å². The van der Waals surface area contributed by atoms with Crippen LogP contribution in [0.5, 0.6) is 0 Å². The molecule has 0 radical (unpaired) electrons. The Balaban J connectivity index is 1.73. The molecule has 1 aliphatic heterocycles. The van der Waals surface area contributed by atoms with Crippen molar-refractivity contribution in [1.82, 2.24) is 0 Å². The zero-order chi connectivity index (χ0) is 17.3. The number of rotatable bonds is 3. The molecule has 1 heterocycles. The van der Waals surface area contributed by atoms with Crippen LogP contribution in [0.25, 0.3) is 0 Å². The van der Waals surface area contributed by atoms with E-state index in [4.69, 9.17) is 23.2 Å². The van der Waals surface area contributed by atoms with Crippen molar-refractivity contribution < 1.29 is 9.59 Å². The summed E-state index contributed by atoms with van der Waals surface area (Å²) in [7, 11) is 0. The molecule has 1 atom stereocenters. The van der Waals surface area contributed by atoms with E-state index in [2.05, 4.69) is 5.32 Å². The van der Waals surface area contributed by atoms with E-state index >= 15 is 0 Å². The van der Waals surface area contributed by atoms with Gasteiger partial charge >= 0.3 is 0 Å². The molecule has 0 spiro atoms. The molecule has 1 N–H and O–H groups in total. The highest BCUT2D eigenvalue weighted by molar-refractivity contribution is 6.31. The molecule has 24 heavy (non-hydrogen) atoms. The Morgan fingerprint density at radius 1 is 1.17 bits per heavy atom. The molecule has 4 nitrogen and oxygen atoms in total. The first kappa shape index (κ1) is 16.8. The maximum Gasteiger partial charge on any atom is 0.229 e. The van der Waals surface area contributed by atoms with Crippen LogP contribution in [0.2, 0.25) is 10.0 Å². The van der Waals surface area contributed by atoms with Crippen molar-refractivity contribution in [2.45, 2.75) is 13.3 Å². The highest BCUT2D eigenvalue weighted by Crippen LogP contribution is 2.28. The quantitative estimate of drug-likeness (QED) is 0.884. The number of amides is 2. The minimum Gasteiger partial charge on any atom is -0.325 e. The third-order valence-electron chi connectivity index (χ3n) is 4.07. The minimum atomic E-state index is -0.408. The van der Waals surface area contributed by atoms with Crippen LogP contribution in [-0.2, 0) is 9.59 Å². The summed E-state index contributed by atoms with van der Waals surface area (Å²) in [6.45, 7) is 2.23. The Bertz CT molecular complexity index is 807. The number of benzene rings is 2. The number of hydrogen-bond donors (Lipinski definition) is 1. The number of carbonyl (C=O) groups excluding carboxylic acids is 2. The van der Waals surface area contributed by atoms with Crippen molar-refractivity contribution in [2.75, 3.05) is 16.8 Å². The molecule has 6 heteroatoms. The first-order valence-electron chi connectivity index (χ1n) is 7.57. The summed E-state index contributed by atoms with van der Waals surface area (Å²) in [5.74, 6) is -0.673. The molecule has 1 saturated heterocycles. The monoisotopic (exact) mass is 362 g/mol. The topological polar surface area (TPSA) is 49.4 Å². The van der Waals surface area contributed by atoms with E-state index in [9.17, 15) is 9.59 Å². The Kier molecular flexibility index (Phi) is 4.78. The molecule has 1 unspecified atom stereocenters. The fraction of sp³-hybridized carbons (Fsp3) is 0.222. The Labute approximate surface area is 150 Å². The van der Waals surface area contributed by atoms with E-state index in [0.29, 0.717) is 28.0 Å². The molecule has 0 aliphatic carbocycles. The van der Waals surface area contributed by atoms with Crippen LogP contribution in [0.15, 0.2) is 42.5 Å². The lowest BCUT2D eigenvalue weighted by atomic mass is 10.1. The molecular formula is C18H16Cl2N2O2. The molecule has 124 valence electrons. The van der Waals surface area contributed by atoms with Crippen molar-refractivity contribution in [3.05, 3.63) is 58.1 Å². The number of aryl methyl sites for hydroxylation is 1. The third kappa shape index (κ3) is 3.55. The molecule has 0 saturated carbocycles. The van der Waals surface area contributed by atoms with E-state index in [0.717, 1.165) is 5.56 Å². The molecule has 0 aromatic heterocycles. The van der Waals surface area contributed by atoms with Gasteiger partial charge in [-0.15, -0.1) is 0 Å². The predicted octanol–water partition coefficient (Wildman–Crippen LogP) is 4.29. The van der Waals surface area contributed by atoms with Crippen molar-refractivity contribution in [3.8, 4) is 0 Å². The fourth-order valence-corrected chi connectivity index (χ4v) is 3.10. The predicted molar refractivity (Wildman–Crippen MR) is 96.7 cm³/mol. The number of halogens is 2. The van der Waals surface area contributed by atoms with E-state index in [1.807, 2.05) is 19.1 Å². The van der Waals surface area contributed by atoms with Gasteiger partial charge in [-0.3, -0.25) is 9.59 Å². The molecule has 3 rings (SSSR count). The summed E-state index contributed by atoms with van der Waals surface area (Å²) >= 11 is 12.0. The molecule has 0 bridgehead atoms. The lowest BCUT2D eigenvalue weighted by Crippen LogP contribution is -2.28. The van der Waals surface area contributed by atoms with E-state index in [1.165, 1.54) is 0 Å². The summed E-state index contributed by atoms with van der Waals surface area (Å²) in [5.41, 5.74) is 2.30. The lowest BCUT2D eigenvalue weighted by molar-refractivity contribution is -0.122. The molecule has 2 amide bonds. The van der Waals surface area contributed by atoms with Gasteiger partial charge in [0.15, 0.2) is 0 Å². The molecule has 1 aliphatic rings.